The van der Waals surface area contributed by atoms with E-state index in [0.29, 0.717) is 27.7 Å². The summed E-state index contributed by atoms with van der Waals surface area (Å²) in [5, 5.41) is 3.87. The summed E-state index contributed by atoms with van der Waals surface area (Å²) >= 11 is 11.8. The van der Waals surface area contributed by atoms with E-state index in [2.05, 4.69) is 5.32 Å². The van der Waals surface area contributed by atoms with E-state index in [1.807, 2.05) is 12.1 Å². The maximum atomic E-state index is 12.7. The molecule has 6 heteroatoms. The molecule has 2 aromatic rings. The van der Waals surface area contributed by atoms with Crippen LogP contribution in [0.4, 0.5) is 5.69 Å². The number of carbonyl (C=O) groups is 2. The second-order valence-electron chi connectivity index (χ2n) is 5.42. The van der Waals surface area contributed by atoms with Crippen molar-refractivity contribution in [3.05, 3.63) is 63.6 Å². The molecule has 1 heterocycles. The van der Waals surface area contributed by atoms with Crippen molar-refractivity contribution in [2.45, 2.75) is 12.5 Å². The first-order valence-corrected chi connectivity index (χ1v) is 7.84. The summed E-state index contributed by atoms with van der Waals surface area (Å²) in [6.07, 6.45) is 0.397. The minimum Gasteiger partial charge on any atom is -0.340 e. The lowest BCUT2D eigenvalue weighted by Gasteiger charge is -2.21. The van der Waals surface area contributed by atoms with Crippen molar-refractivity contribution in [2.75, 3.05) is 11.9 Å². The smallest absolute Gasteiger partial charge is 0.254 e. The Labute approximate surface area is 144 Å². The predicted molar refractivity (Wildman–Crippen MR) is 91.3 cm³/mol. The molecule has 23 heavy (non-hydrogen) atoms. The second-order valence-corrected chi connectivity index (χ2v) is 6.29. The van der Waals surface area contributed by atoms with Gasteiger partial charge in [-0.25, -0.2) is 0 Å². The molecule has 0 unspecified atom stereocenters. The molecule has 1 aliphatic rings. The van der Waals surface area contributed by atoms with Gasteiger partial charge >= 0.3 is 0 Å². The van der Waals surface area contributed by atoms with Gasteiger partial charge in [-0.3, -0.25) is 9.59 Å². The van der Waals surface area contributed by atoms with E-state index < -0.39 is 6.04 Å². The average molecular weight is 349 g/mol. The number of amides is 2. The van der Waals surface area contributed by atoms with Crippen LogP contribution < -0.4 is 10.2 Å². The highest BCUT2D eigenvalue weighted by Gasteiger charge is 2.31. The molecular weight excluding hydrogens is 335 g/mol. The third-order valence-electron chi connectivity index (χ3n) is 3.85. The summed E-state index contributed by atoms with van der Waals surface area (Å²) in [5.41, 5.74) is 1.87. The number of nitrogens with one attached hydrogen (secondary N) is 1. The molecule has 4 nitrogen and oxygen atoms in total. The number of nitrogens with zero attached hydrogens (tertiary/aromatic N) is 1. The fourth-order valence-electron chi connectivity index (χ4n) is 2.63. The lowest BCUT2D eigenvalue weighted by atomic mass is 10.1. The minimum absolute atomic E-state index is 0.172. The molecule has 3 rings (SSSR count). The number of carbonyl (C=O) groups excluding carboxylic acids is 2. The van der Waals surface area contributed by atoms with Crippen LogP contribution in [0, 0.1) is 0 Å². The van der Waals surface area contributed by atoms with E-state index >= 15 is 0 Å². The van der Waals surface area contributed by atoms with Crippen LogP contribution in [0.25, 0.3) is 0 Å². The van der Waals surface area contributed by atoms with Crippen molar-refractivity contribution in [3.8, 4) is 0 Å². The summed E-state index contributed by atoms with van der Waals surface area (Å²) < 4.78 is 0. The Kier molecular flexibility index (Phi) is 4.28. The molecule has 2 amide bonds. The Bertz CT molecular complexity index is 775. The van der Waals surface area contributed by atoms with Gasteiger partial charge in [-0.2, -0.15) is 0 Å². The zero-order chi connectivity index (χ0) is 16.6. The van der Waals surface area contributed by atoms with Crippen LogP contribution in [-0.2, 0) is 11.2 Å². The van der Waals surface area contributed by atoms with E-state index in [-0.39, 0.29) is 11.8 Å². The van der Waals surface area contributed by atoms with Gasteiger partial charge in [0.05, 0.1) is 11.3 Å². The first kappa shape index (κ1) is 15.8. The van der Waals surface area contributed by atoms with Gasteiger partial charge in [0, 0.05) is 23.5 Å². The van der Waals surface area contributed by atoms with Crippen LogP contribution in [0.3, 0.4) is 0 Å². The van der Waals surface area contributed by atoms with Crippen molar-refractivity contribution in [1.29, 1.82) is 0 Å². The van der Waals surface area contributed by atoms with Crippen LogP contribution in [0.1, 0.15) is 15.9 Å². The fourth-order valence-corrected chi connectivity index (χ4v) is 2.93. The summed E-state index contributed by atoms with van der Waals surface area (Å²) in [7, 11) is 1.66. The van der Waals surface area contributed by atoms with Crippen molar-refractivity contribution < 1.29 is 9.59 Å². The second kappa shape index (κ2) is 6.22. The topological polar surface area (TPSA) is 49.4 Å². The summed E-state index contributed by atoms with van der Waals surface area (Å²) in [4.78, 5) is 26.6. The molecule has 2 aromatic carbocycles. The van der Waals surface area contributed by atoms with Crippen LogP contribution in [0.5, 0.6) is 0 Å². The SMILES string of the molecule is CN1C(=O)[C@H](Cc2ccc(Cl)cc2)NC(=O)c2cc(Cl)ccc21. The fraction of sp³-hybridized carbons (Fsp3) is 0.176. The third kappa shape index (κ3) is 3.19. The number of hydrogen-bond donors (Lipinski definition) is 1. The zero-order valence-corrected chi connectivity index (χ0v) is 13.9. The normalized spacial score (nSPS) is 17.5. The zero-order valence-electron chi connectivity index (χ0n) is 12.3. The predicted octanol–water partition coefficient (Wildman–Crippen LogP) is 3.31. The van der Waals surface area contributed by atoms with Crippen molar-refractivity contribution in [1.82, 2.24) is 5.32 Å². The molecule has 0 saturated heterocycles. The van der Waals surface area contributed by atoms with Gasteiger partial charge in [0.1, 0.15) is 6.04 Å². The summed E-state index contributed by atoms with van der Waals surface area (Å²) in [6.45, 7) is 0. The Morgan fingerprint density at radius 2 is 1.70 bits per heavy atom. The Morgan fingerprint density at radius 3 is 2.39 bits per heavy atom. The molecule has 1 atom stereocenters. The molecular formula is C17H14Cl2N2O2. The number of hydrogen-bond acceptors (Lipinski definition) is 2. The lowest BCUT2D eigenvalue weighted by molar-refractivity contribution is -0.120. The number of benzene rings is 2. The standard InChI is InChI=1S/C17H14Cl2N2O2/c1-21-15-7-6-12(19)9-13(15)16(22)20-14(17(21)23)8-10-2-4-11(18)5-3-10/h2-7,9,14H,8H2,1H3,(H,20,22)/t14-/m0/s1. The largest absolute Gasteiger partial charge is 0.340 e. The lowest BCUT2D eigenvalue weighted by Crippen LogP contribution is -2.45. The van der Waals surface area contributed by atoms with E-state index in [1.54, 1.807) is 37.4 Å². The van der Waals surface area contributed by atoms with Gasteiger partial charge in [-0.1, -0.05) is 35.3 Å². The highest BCUT2D eigenvalue weighted by molar-refractivity contribution is 6.31. The Morgan fingerprint density at radius 1 is 1.04 bits per heavy atom. The molecule has 0 bridgehead atoms. The molecule has 0 aliphatic carbocycles. The monoisotopic (exact) mass is 348 g/mol. The summed E-state index contributed by atoms with van der Waals surface area (Å²) in [5.74, 6) is -0.478. The first-order chi connectivity index (χ1) is 11.0. The van der Waals surface area contributed by atoms with E-state index in [9.17, 15) is 9.59 Å². The molecule has 0 radical (unpaired) electrons. The molecule has 1 N–H and O–H groups in total. The highest BCUT2D eigenvalue weighted by Crippen LogP contribution is 2.27. The summed E-state index contributed by atoms with van der Waals surface area (Å²) in [6, 6.07) is 11.5. The molecule has 0 aromatic heterocycles. The highest BCUT2D eigenvalue weighted by atomic mass is 35.5. The molecule has 0 spiro atoms. The first-order valence-electron chi connectivity index (χ1n) is 7.08. The van der Waals surface area contributed by atoms with Crippen LogP contribution in [0.2, 0.25) is 10.0 Å². The van der Waals surface area contributed by atoms with Crippen molar-refractivity contribution in [2.24, 2.45) is 0 Å². The van der Waals surface area contributed by atoms with Gasteiger partial charge in [0.25, 0.3) is 5.91 Å². The number of anilines is 1. The van der Waals surface area contributed by atoms with Crippen molar-refractivity contribution >= 4 is 40.7 Å². The van der Waals surface area contributed by atoms with Crippen LogP contribution in [-0.4, -0.2) is 24.9 Å². The molecule has 0 saturated carbocycles. The maximum absolute atomic E-state index is 12.7. The number of halogens is 2. The Balaban J connectivity index is 1.92. The maximum Gasteiger partial charge on any atom is 0.254 e. The van der Waals surface area contributed by atoms with E-state index in [0.717, 1.165) is 5.56 Å². The van der Waals surface area contributed by atoms with Crippen LogP contribution >= 0.6 is 23.2 Å². The van der Waals surface area contributed by atoms with Gasteiger partial charge in [0.2, 0.25) is 5.91 Å². The quantitative estimate of drug-likeness (QED) is 0.904. The van der Waals surface area contributed by atoms with E-state index in [1.165, 1.54) is 4.90 Å². The Hall–Kier alpha value is -2.04. The number of likely N-dealkylation sites (N-methyl/N-ethyl adjacent to an activating group) is 1. The number of rotatable bonds is 2. The average Bonchev–Trinajstić information content (AvgIpc) is 2.61. The van der Waals surface area contributed by atoms with Gasteiger partial charge < -0.3 is 10.2 Å². The van der Waals surface area contributed by atoms with Gasteiger partial charge in [-0.15, -0.1) is 0 Å². The van der Waals surface area contributed by atoms with E-state index in [4.69, 9.17) is 23.2 Å². The van der Waals surface area contributed by atoms with Crippen LogP contribution in [0.15, 0.2) is 42.5 Å². The molecule has 118 valence electrons. The van der Waals surface area contributed by atoms with Gasteiger partial charge in [0.15, 0.2) is 0 Å². The minimum atomic E-state index is -0.639. The molecule has 1 aliphatic heterocycles. The molecule has 0 fully saturated rings. The number of fused-ring (bicyclic) bond motifs is 1. The van der Waals surface area contributed by atoms with Crippen molar-refractivity contribution in [3.63, 3.8) is 0 Å². The third-order valence-corrected chi connectivity index (χ3v) is 4.34. The van der Waals surface area contributed by atoms with Gasteiger partial charge in [-0.05, 0) is 35.9 Å².